The molecule has 6 nitrogen and oxygen atoms in total. The van der Waals surface area contributed by atoms with Crippen molar-refractivity contribution >= 4 is 44.8 Å². The summed E-state index contributed by atoms with van der Waals surface area (Å²) in [5.41, 5.74) is 1.69. The zero-order valence-corrected chi connectivity index (χ0v) is 23.0. The van der Waals surface area contributed by atoms with Gasteiger partial charge in [-0.1, -0.05) is 77.5 Å². The average Bonchev–Trinajstić information content (AvgIpc) is 2.67. The lowest BCUT2D eigenvalue weighted by molar-refractivity contribution is 0.0526. The van der Waals surface area contributed by atoms with Crippen LogP contribution in [0.15, 0.2) is 35.2 Å². The fourth-order valence-electron chi connectivity index (χ4n) is 3.42. The third kappa shape index (κ3) is 6.71. The highest BCUT2D eigenvalue weighted by molar-refractivity contribution is 7.92. The zero-order valence-electron chi connectivity index (χ0n) is 20.6. The van der Waals surface area contributed by atoms with Crippen molar-refractivity contribution in [2.45, 2.75) is 70.6 Å². The molecule has 0 aliphatic rings. The van der Waals surface area contributed by atoms with E-state index in [-0.39, 0.29) is 50.1 Å². The molecule has 0 saturated carbocycles. The Hall–Kier alpha value is -2.16. The van der Waals surface area contributed by atoms with Gasteiger partial charge in [0.05, 0.1) is 22.2 Å². The summed E-state index contributed by atoms with van der Waals surface area (Å²) in [5.74, 6) is -0.412. The lowest BCUT2D eigenvalue weighted by atomic mass is 9.78. The van der Waals surface area contributed by atoms with Crippen LogP contribution in [0.4, 0.5) is 0 Å². The number of esters is 1. The Kier molecular flexibility index (Phi) is 8.44. The summed E-state index contributed by atoms with van der Waals surface area (Å²) < 4.78 is 33.4. The van der Waals surface area contributed by atoms with E-state index in [0.717, 1.165) is 16.7 Å². The molecule has 0 aromatic heterocycles. The largest absolute Gasteiger partial charge is 0.507 e. The van der Waals surface area contributed by atoms with Gasteiger partial charge in [0.25, 0.3) is 10.0 Å². The van der Waals surface area contributed by atoms with E-state index in [1.54, 1.807) is 6.92 Å². The van der Waals surface area contributed by atoms with Gasteiger partial charge >= 0.3 is 5.97 Å². The third-order valence-corrected chi connectivity index (χ3v) is 7.38. The number of phenols is 1. The van der Waals surface area contributed by atoms with Crippen molar-refractivity contribution < 1.29 is 23.1 Å². The molecule has 2 rings (SSSR count). The second-order valence-corrected chi connectivity index (χ2v) is 12.7. The maximum atomic E-state index is 13.0. The maximum Gasteiger partial charge on any atom is 0.338 e. The minimum absolute atomic E-state index is 0.0435. The molecule has 0 heterocycles. The Morgan fingerprint density at radius 3 is 2.06 bits per heavy atom. The van der Waals surface area contributed by atoms with Crippen LogP contribution >= 0.6 is 23.8 Å². The van der Waals surface area contributed by atoms with Gasteiger partial charge in [0, 0.05) is 6.42 Å². The molecule has 186 valence electrons. The molecule has 0 spiro atoms. The first-order chi connectivity index (χ1) is 15.5. The summed E-state index contributed by atoms with van der Waals surface area (Å²) in [4.78, 5) is 11.8. The number of hydrogen-bond donors (Lipinski definition) is 2. The predicted octanol–water partition coefficient (Wildman–Crippen LogP) is 5.67. The van der Waals surface area contributed by atoms with Gasteiger partial charge in [0.15, 0.2) is 0 Å². The number of hydrogen-bond acceptors (Lipinski definition) is 6. The molecule has 0 aliphatic heterocycles. The first kappa shape index (κ1) is 28.1. The summed E-state index contributed by atoms with van der Waals surface area (Å²) in [6, 6.07) is 7.59. The number of aromatic hydroxyl groups is 1. The number of benzene rings is 2. The number of sulfonamides is 1. The molecule has 0 bridgehead atoms. The Balaban J connectivity index is 2.39. The number of thiocarbonyl (C=S) groups is 1. The molecule has 0 fully saturated rings. The van der Waals surface area contributed by atoms with Crippen LogP contribution in [0.5, 0.6) is 5.75 Å². The average molecular weight is 526 g/mol. The number of carbonyl (C=O) groups is 1. The number of carbonyl (C=O) groups excluding carboxylic acids is 1. The summed E-state index contributed by atoms with van der Waals surface area (Å²) in [5, 5.41) is 10.9. The van der Waals surface area contributed by atoms with Gasteiger partial charge in [-0.05, 0) is 52.6 Å². The van der Waals surface area contributed by atoms with Gasteiger partial charge in [0.2, 0.25) is 0 Å². The molecule has 0 aliphatic carbocycles. The van der Waals surface area contributed by atoms with Gasteiger partial charge in [-0.3, -0.25) is 4.72 Å². The zero-order chi connectivity index (χ0) is 26.1. The summed E-state index contributed by atoms with van der Waals surface area (Å²) in [7, 11) is -4.15. The highest BCUT2D eigenvalue weighted by Crippen LogP contribution is 2.40. The normalized spacial score (nSPS) is 12.4. The smallest absolute Gasteiger partial charge is 0.338 e. The standard InChI is InChI=1S/C25H32ClNO5S2/c1-8-32-23(29)16-9-10-19(26)20(14-16)34(30,31)27-21(33)13-15-11-17(24(2,3)4)22(28)18(12-15)25(5,6)7/h9-12,14,28H,8,13H2,1-7H3,(H,27,33). The van der Waals surface area contributed by atoms with Gasteiger partial charge in [-0.2, -0.15) is 0 Å². The number of phenolic OH excluding ortho intramolecular Hbond substituents is 1. The van der Waals surface area contributed by atoms with Crippen LogP contribution in [-0.4, -0.2) is 31.1 Å². The van der Waals surface area contributed by atoms with Crippen molar-refractivity contribution in [3.8, 4) is 5.75 Å². The Bertz CT molecular complexity index is 1170. The highest BCUT2D eigenvalue weighted by Gasteiger charge is 2.27. The van der Waals surface area contributed by atoms with E-state index >= 15 is 0 Å². The van der Waals surface area contributed by atoms with Crippen molar-refractivity contribution in [2.24, 2.45) is 0 Å². The van der Waals surface area contributed by atoms with E-state index in [2.05, 4.69) is 4.72 Å². The lowest BCUT2D eigenvalue weighted by Crippen LogP contribution is -2.31. The molecule has 2 aromatic rings. The monoisotopic (exact) mass is 525 g/mol. The molecule has 0 amide bonds. The van der Waals surface area contributed by atoms with E-state index in [9.17, 15) is 18.3 Å². The van der Waals surface area contributed by atoms with Crippen LogP contribution in [0, 0.1) is 0 Å². The van der Waals surface area contributed by atoms with E-state index in [1.807, 2.05) is 53.7 Å². The second-order valence-electron chi connectivity index (χ2n) is 10.1. The molecule has 0 unspecified atom stereocenters. The van der Waals surface area contributed by atoms with Gasteiger partial charge in [-0.15, -0.1) is 0 Å². The number of halogens is 1. The topological polar surface area (TPSA) is 92.7 Å². The van der Waals surface area contributed by atoms with Crippen molar-refractivity contribution in [1.82, 2.24) is 4.72 Å². The van der Waals surface area contributed by atoms with Crippen LogP contribution in [-0.2, 0) is 32.0 Å². The minimum atomic E-state index is -4.15. The van der Waals surface area contributed by atoms with Gasteiger partial charge in [-0.25, -0.2) is 13.2 Å². The van der Waals surface area contributed by atoms with E-state index in [1.165, 1.54) is 18.2 Å². The molecular weight excluding hydrogens is 494 g/mol. The van der Waals surface area contributed by atoms with Crippen LogP contribution in [0.3, 0.4) is 0 Å². The number of ether oxygens (including phenoxy) is 1. The van der Waals surface area contributed by atoms with Crippen LogP contribution < -0.4 is 4.72 Å². The summed E-state index contributed by atoms with van der Waals surface area (Å²) in [6.07, 6.45) is 0.135. The SMILES string of the molecule is CCOC(=O)c1ccc(Cl)c(S(=O)(=O)NC(=S)Cc2cc(C(C)(C)C)c(O)c(C(C)(C)C)c2)c1. The highest BCUT2D eigenvalue weighted by atomic mass is 35.5. The molecule has 0 atom stereocenters. The first-order valence-corrected chi connectivity index (χ1v) is 13.1. The quantitative estimate of drug-likeness (QED) is 0.373. The third-order valence-electron chi connectivity index (χ3n) is 5.13. The number of rotatable bonds is 6. The lowest BCUT2D eigenvalue weighted by Gasteiger charge is -2.28. The Morgan fingerprint density at radius 2 is 1.59 bits per heavy atom. The number of nitrogens with one attached hydrogen (secondary N) is 1. The maximum absolute atomic E-state index is 13.0. The van der Waals surface area contributed by atoms with Gasteiger partial charge < -0.3 is 9.84 Å². The van der Waals surface area contributed by atoms with Crippen molar-refractivity contribution in [1.29, 1.82) is 0 Å². The van der Waals surface area contributed by atoms with E-state index < -0.39 is 16.0 Å². The predicted molar refractivity (Wildman–Crippen MR) is 140 cm³/mol. The molecule has 34 heavy (non-hydrogen) atoms. The molecule has 2 aromatic carbocycles. The Labute approximate surface area is 212 Å². The summed E-state index contributed by atoms with van der Waals surface area (Å²) in [6.45, 7) is 13.8. The fraction of sp³-hybridized carbons (Fsp3) is 0.440. The van der Waals surface area contributed by atoms with Crippen molar-refractivity contribution in [3.05, 3.63) is 57.6 Å². The van der Waals surface area contributed by atoms with Gasteiger partial charge in [0.1, 0.15) is 10.6 Å². The Morgan fingerprint density at radius 1 is 1.06 bits per heavy atom. The second kappa shape index (κ2) is 10.2. The van der Waals surface area contributed by atoms with Crippen LogP contribution in [0.1, 0.15) is 75.5 Å². The molecule has 0 saturated heterocycles. The van der Waals surface area contributed by atoms with E-state index in [4.69, 9.17) is 28.6 Å². The minimum Gasteiger partial charge on any atom is -0.507 e. The molecule has 9 heteroatoms. The van der Waals surface area contributed by atoms with Crippen molar-refractivity contribution in [2.75, 3.05) is 6.61 Å². The molecule has 2 N–H and O–H groups in total. The van der Waals surface area contributed by atoms with Crippen molar-refractivity contribution in [3.63, 3.8) is 0 Å². The summed E-state index contributed by atoms with van der Waals surface area (Å²) >= 11 is 11.5. The van der Waals surface area contributed by atoms with Crippen LogP contribution in [0.25, 0.3) is 0 Å². The first-order valence-electron chi connectivity index (χ1n) is 10.9. The molecular formula is C25H32ClNO5S2. The van der Waals surface area contributed by atoms with E-state index in [0.29, 0.717) is 0 Å². The van der Waals surface area contributed by atoms with Crippen LogP contribution in [0.2, 0.25) is 5.02 Å². The fourth-order valence-corrected chi connectivity index (χ4v) is 5.42. The molecule has 0 radical (unpaired) electrons.